The van der Waals surface area contributed by atoms with E-state index in [-0.39, 0.29) is 34.9 Å². The van der Waals surface area contributed by atoms with Crippen LogP contribution in [0.1, 0.15) is 38.2 Å². The van der Waals surface area contributed by atoms with Gasteiger partial charge in [-0.2, -0.15) is 0 Å². The van der Waals surface area contributed by atoms with Crippen molar-refractivity contribution in [2.75, 3.05) is 0 Å². The third kappa shape index (κ3) is 2.43. The van der Waals surface area contributed by atoms with Gasteiger partial charge >= 0.3 is 0 Å². The maximum absolute atomic E-state index is 12.9. The Kier molecular flexibility index (Phi) is 3.48. The predicted octanol–water partition coefficient (Wildman–Crippen LogP) is 3.85. The zero-order valence-corrected chi connectivity index (χ0v) is 14.1. The molecule has 1 saturated carbocycles. The summed E-state index contributed by atoms with van der Waals surface area (Å²) in [4.78, 5) is 25.8. The molecule has 3 atom stereocenters. The number of hydrogen-bond acceptors (Lipinski definition) is 3. The standard InChI is InChI=1S/C21H22O3/c1-21(2)11-15(22)20(16(23)12-21)19-13-7-3-5-9-17(13)24-18-10-6-4-8-14(18)19/h3-10,13,17,19-20H,11-12H2,1-2H3/t13-,17+,19+/m0/s1. The van der Waals surface area contributed by atoms with Crippen molar-refractivity contribution >= 4 is 11.6 Å². The molecule has 3 aliphatic rings. The lowest BCUT2D eigenvalue weighted by molar-refractivity contribution is -0.141. The quantitative estimate of drug-likeness (QED) is 0.738. The van der Waals surface area contributed by atoms with Crippen LogP contribution in [0.25, 0.3) is 0 Å². The average molecular weight is 322 g/mol. The van der Waals surface area contributed by atoms with Crippen LogP contribution in [0, 0.1) is 17.3 Å². The van der Waals surface area contributed by atoms with Crippen LogP contribution in [-0.4, -0.2) is 17.7 Å². The molecule has 1 aliphatic heterocycles. The summed E-state index contributed by atoms with van der Waals surface area (Å²) in [5.41, 5.74) is 0.766. The van der Waals surface area contributed by atoms with E-state index in [2.05, 4.69) is 6.08 Å². The number of benzene rings is 1. The van der Waals surface area contributed by atoms with Crippen LogP contribution in [0.4, 0.5) is 0 Å². The van der Waals surface area contributed by atoms with Crippen molar-refractivity contribution in [3.05, 3.63) is 54.1 Å². The van der Waals surface area contributed by atoms with Gasteiger partial charge in [-0.05, 0) is 23.1 Å². The number of allylic oxidation sites excluding steroid dienone is 2. The van der Waals surface area contributed by atoms with Gasteiger partial charge in [0.05, 0.1) is 5.92 Å². The van der Waals surface area contributed by atoms with E-state index in [1.54, 1.807) is 0 Å². The van der Waals surface area contributed by atoms with Crippen molar-refractivity contribution in [1.82, 2.24) is 0 Å². The zero-order valence-electron chi connectivity index (χ0n) is 14.1. The van der Waals surface area contributed by atoms with Crippen LogP contribution >= 0.6 is 0 Å². The van der Waals surface area contributed by atoms with Gasteiger partial charge in [0.25, 0.3) is 0 Å². The fourth-order valence-electron chi connectivity index (χ4n) is 4.47. The molecule has 1 aromatic rings. The van der Waals surface area contributed by atoms with Crippen molar-refractivity contribution in [3.8, 4) is 5.75 Å². The average Bonchev–Trinajstić information content (AvgIpc) is 2.52. The van der Waals surface area contributed by atoms with Gasteiger partial charge in [-0.15, -0.1) is 0 Å². The molecule has 124 valence electrons. The number of hydrogen-bond donors (Lipinski definition) is 0. The first kappa shape index (κ1) is 15.4. The first-order valence-electron chi connectivity index (χ1n) is 8.62. The smallest absolute Gasteiger partial charge is 0.144 e. The lowest BCUT2D eigenvalue weighted by atomic mass is 9.62. The predicted molar refractivity (Wildman–Crippen MR) is 91.9 cm³/mol. The monoisotopic (exact) mass is 322 g/mol. The van der Waals surface area contributed by atoms with E-state index in [4.69, 9.17) is 4.74 Å². The van der Waals surface area contributed by atoms with Crippen molar-refractivity contribution in [3.63, 3.8) is 0 Å². The summed E-state index contributed by atoms with van der Waals surface area (Å²) in [7, 11) is 0. The molecule has 0 spiro atoms. The second-order valence-corrected chi connectivity index (χ2v) is 7.92. The molecule has 0 aromatic heterocycles. The van der Waals surface area contributed by atoms with Crippen molar-refractivity contribution in [1.29, 1.82) is 0 Å². The molecule has 1 aromatic carbocycles. The summed E-state index contributed by atoms with van der Waals surface area (Å²) in [6.07, 6.45) is 8.92. The highest BCUT2D eigenvalue weighted by Gasteiger charge is 2.49. The zero-order chi connectivity index (χ0) is 16.9. The Balaban J connectivity index is 1.80. The summed E-state index contributed by atoms with van der Waals surface area (Å²) in [5.74, 6) is 0.321. The van der Waals surface area contributed by atoms with Gasteiger partial charge in [0.15, 0.2) is 0 Å². The Morgan fingerprint density at radius 2 is 1.67 bits per heavy atom. The van der Waals surface area contributed by atoms with Crippen LogP contribution in [0.3, 0.4) is 0 Å². The van der Waals surface area contributed by atoms with Crippen LogP contribution < -0.4 is 4.74 Å². The Morgan fingerprint density at radius 1 is 1.00 bits per heavy atom. The Morgan fingerprint density at radius 3 is 2.42 bits per heavy atom. The van der Waals surface area contributed by atoms with Gasteiger partial charge in [-0.3, -0.25) is 9.59 Å². The van der Waals surface area contributed by atoms with Gasteiger partial charge in [0.2, 0.25) is 0 Å². The summed E-state index contributed by atoms with van der Waals surface area (Å²) < 4.78 is 6.11. The van der Waals surface area contributed by atoms with Gasteiger partial charge in [0, 0.05) is 24.7 Å². The summed E-state index contributed by atoms with van der Waals surface area (Å²) in [5, 5.41) is 0. The lowest BCUT2D eigenvalue weighted by Gasteiger charge is -2.43. The molecule has 0 radical (unpaired) electrons. The first-order chi connectivity index (χ1) is 11.5. The minimum absolute atomic E-state index is 0.0315. The highest BCUT2D eigenvalue weighted by molar-refractivity contribution is 6.06. The van der Waals surface area contributed by atoms with Crippen LogP contribution in [0.2, 0.25) is 0 Å². The molecular weight excluding hydrogens is 300 g/mol. The minimum Gasteiger partial charge on any atom is -0.485 e. The summed E-state index contributed by atoms with van der Waals surface area (Å²) in [6.45, 7) is 4.01. The number of carbonyl (C=O) groups is 2. The van der Waals surface area contributed by atoms with Crippen molar-refractivity contribution in [2.45, 2.75) is 38.7 Å². The van der Waals surface area contributed by atoms with E-state index < -0.39 is 5.92 Å². The number of para-hydroxylation sites is 1. The van der Waals surface area contributed by atoms with Gasteiger partial charge < -0.3 is 4.74 Å². The molecule has 0 unspecified atom stereocenters. The molecule has 4 rings (SSSR count). The number of carbonyl (C=O) groups excluding carboxylic acids is 2. The largest absolute Gasteiger partial charge is 0.485 e. The van der Waals surface area contributed by atoms with Gasteiger partial charge in [-0.25, -0.2) is 0 Å². The molecule has 2 aliphatic carbocycles. The van der Waals surface area contributed by atoms with E-state index in [0.717, 1.165) is 11.3 Å². The summed E-state index contributed by atoms with van der Waals surface area (Å²) in [6, 6.07) is 7.83. The maximum Gasteiger partial charge on any atom is 0.144 e. The normalized spacial score (nSPS) is 31.3. The number of ketones is 2. The first-order valence-corrected chi connectivity index (χ1v) is 8.62. The van der Waals surface area contributed by atoms with E-state index >= 15 is 0 Å². The fourth-order valence-corrected chi connectivity index (χ4v) is 4.47. The van der Waals surface area contributed by atoms with Crippen LogP contribution in [0.15, 0.2) is 48.6 Å². The number of fused-ring (bicyclic) bond motifs is 2. The molecule has 0 bridgehead atoms. The number of ether oxygens (including phenoxy) is 1. The molecule has 24 heavy (non-hydrogen) atoms. The van der Waals surface area contributed by atoms with Crippen molar-refractivity contribution < 1.29 is 14.3 Å². The minimum atomic E-state index is -0.549. The fraction of sp³-hybridized carbons (Fsp3) is 0.429. The Hall–Kier alpha value is -2.16. The number of rotatable bonds is 1. The second-order valence-electron chi connectivity index (χ2n) is 7.92. The highest BCUT2D eigenvalue weighted by atomic mass is 16.5. The maximum atomic E-state index is 12.9. The third-order valence-corrected chi connectivity index (χ3v) is 5.44. The topological polar surface area (TPSA) is 43.4 Å². The van der Waals surface area contributed by atoms with E-state index in [1.165, 1.54) is 0 Å². The Labute approximate surface area is 142 Å². The molecule has 0 N–H and O–H groups in total. The lowest BCUT2D eigenvalue weighted by Crippen LogP contribution is -2.46. The molecule has 1 fully saturated rings. The second kappa shape index (κ2) is 5.44. The Bertz CT molecular complexity index is 736. The number of Topliss-reactive ketones (excluding diaryl/α,β-unsaturated/α-hetero) is 2. The van der Waals surface area contributed by atoms with E-state index in [0.29, 0.717) is 12.8 Å². The molecular formula is C21H22O3. The third-order valence-electron chi connectivity index (χ3n) is 5.44. The molecule has 0 amide bonds. The molecule has 3 heteroatoms. The molecule has 0 saturated heterocycles. The summed E-state index contributed by atoms with van der Waals surface area (Å²) >= 11 is 0. The highest BCUT2D eigenvalue weighted by Crippen LogP contribution is 2.49. The van der Waals surface area contributed by atoms with Crippen LogP contribution in [0.5, 0.6) is 5.75 Å². The van der Waals surface area contributed by atoms with E-state index in [9.17, 15) is 9.59 Å². The molecule has 3 nitrogen and oxygen atoms in total. The van der Waals surface area contributed by atoms with Crippen LogP contribution in [-0.2, 0) is 9.59 Å². The van der Waals surface area contributed by atoms with Gasteiger partial charge in [-0.1, -0.05) is 50.3 Å². The van der Waals surface area contributed by atoms with E-state index in [1.807, 2.05) is 56.3 Å². The SMILES string of the molecule is CC1(C)CC(=O)C([C@H]2c3ccccc3O[C@@H]3C=CC=C[C@H]23)C(=O)C1. The van der Waals surface area contributed by atoms with Crippen molar-refractivity contribution in [2.24, 2.45) is 17.3 Å². The molecule has 1 heterocycles. The van der Waals surface area contributed by atoms with Gasteiger partial charge in [0.1, 0.15) is 23.4 Å².